The largest absolute Gasteiger partial charge is 0.336 e. The Morgan fingerprint density at radius 1 is 1.19 bits per heavy atom. The molecule has 0 aliphatic carbocycles. The topological polar surface area (TPSA) is 54.5 Å². The molecule has 3 aromatic heterocycles. The molecule has 1 aliphatic rings. The second-order valence-electron chi connectivity index (χ2n) is 7.51. The molecule has 7 nitrogen and oxygen atoms in total. The predicted octanol–water partition coefficient (Wildman–Crippen LogP) is 1.98. The van der Waals surface area contributed by atoms with Crippen LogP contribution in [-0.4, -0.2) is 60.9 Å². The second kappa shape index (κ2) is 7.17. The molecular weight excluding hydrogens is 326 g/mol. The van der Waals surface area contributed by atoms with E-state index in [1.807, 2.05) is 31.1 Å². The first-order valence-corrected chi connectivity index (χ1v) is 9.24. The van der Waals surface area contributed by atoms with Crippen LogP contribution in [0, 0.1) is 5.92 Å². The average molecular weight is 353 g/mol. The quantitative estimate of drug-likeness (QED) is 0.702. The maximum atomic E-state index is 4.45. The first-order chi connectivity index (χ1) is 12.6. The first kappa shape index (κ1) is 17.2. The lowest BCUT2D eigenvalue weighted by Gasteiger charge is -2.40. The molecule has 4 rings (SSSR count). The second-order valence-corrected chi connectivity index (χ2v) is 7.51. The van der Waals surface area contributed by atoms with Gasteiger partial charge in [0.25, 0.3) is 0 Å². The van der Waals surface area contributed by atoms with Gasteiger partial charge >= 0.3 is 0 Å². The fourth-order valence-corrected chi connectivity index (χ4v) is 4.32. The Hall–Kier alpha value is -2.25. The molecule has 0 unspecified atom stereocenters. The van der Waals surface area contributed by atoms with Crippen LogP contribution in [0.2, 0.25) is 0 Å². The van der Waals surface area contributed by atoms with Crippen molar-refractivity contribution in [2.75, 3.05) is 27.2 Å². The Morgan fingerprint density at radius 3 is 2.88 bits per heavy atom. The molecule has 0 N–H and O–H groups in total. The summed E-state index contributed by atoms with van der Waals surface area (Å²) in [5, 5.41) is 0. The van der Waals surface area contributed by atoms with Gasteiger partial charge in [0.05, 0.1) is 36.2 Å². The third-order valence-electron chi connectivity index (χ3n) is 5.54. The van der Waals surface area contributed by atoms with Gasteiger partial charge < -0.3 is 9.47 Å². The molecule has 0 saturated carbocycles. The molecule has 0 aromatic carbocycles. The number of aromatic nitrogens is 5. The Bertz CT molecular complexity index is 868. The lowest BCUT2D eigenvalue weighted by Crippen LogP contribution is -2.41. The van der Waals surface area contributed by atoms with Gasteiger partial charge in [-0.05, 0) is 39.4 Å². The Kier molecular flexibility index (Phi) is 4.74. The van der Waals surface area contributed by atoms with Gasteiger partial charge in [0.2, 0.25) is 0 Å². The summed E-state index contributed by atoms with van der Waals surface area (Å²) < 4.78 is 4.28. The highest BCUT2D eigenvalue weighted by molar-refractivity contribution is 5.36. The van der Waals surface area contributed by atoms with Gasteiger partial charge in [-0.1, -0.05) is 0 Å². The third kappa shape index (κ3) is 3.24. The number of likely N-dealkylation sites (tertiary alicyclic amines) is 1. The van der Waals surface area contributed by atoms with Gasteiger partial charge in [-0.2, -0.15) is 0 Å². The minimum atomic E-state index is 0.421. The fraction of sp³-hybridized carbons (Fsp3) is 0.526. The monoisotopic (exact) mass is 353 g/mol. The first-order valence-electron chi connectivity index (χ1n) is 9.24. The molecule has 4 heterocycles. The van der Waals surface area contributed by atoms with Crippen molar-refractivity contribution >= 4 is 5.65 Å². The van der Waals surface area contributed by atoms with E-state index in [-0.39, 0.29) is 0 Å². The normalized spacial score (nSPS) is 21.7. The summed E-state index contributed by atoms with van der Waals surface area (Å²) in [5.41, 5.74) is 3.42. The van der Waals surface area contributed by atoms with E-state index in [0.717, 1.165) is 25.3 Å². The molecule has 26 heavy (non-hydrogen) atoms. The van der Waals surface area contributed by atoms with Crippen LogP contribution in [0.25, 0.3) is 5.65 Å². The van der Waals surface area contributed by atoms with Crippen LogP contribution in [0.1, 0.15) is 30.3 Å². The van der Waals surface area contributed by atoms with Crippen molar-refractivity contribution in [3.8, 4) is 0 Å². The van der Waals surface area contributed by atoms with Gasteiger partial charge in [0.1, 0.15) is 0 Å². The minimum Gasteiger partial charge on any atom is -0.336 e. The summed E-state index contributed by atoms with van der Waals surface area (Å²) in [6.45, 7) is 3.08. The number of aryl methyl sites for hydroxylation is 1. The lowest BCUT2D eigenvalue weighted by molar-refractivity contribution is 0.0876. The zero-order valence-electron chi connectivity index (χ0n) is 15.8. The fourth-order valence-electron chi connectivity index (χ4n) is 4.32. The van der Waals surface area contributed by atoms with E-state index < -0.39 is 0 Å². The van der Waals surface area contributed by atoms with Crippen molar-refractivity contribution in [1.29, 1.82) is 0 Å². The van der Waals surface area contributed by atoms with Crippen LogP contribution in [0.3, 0.4) is 0 Å². The summed E-state index contributed by atoms with van der Waals surface area (Å²) in [7, 11) is 6.54. The highest BCUT2D eigenvalue weighted by atomic mass is 15.2. The molecule has 1 saturated heterocycles. The number of nitrogens with zero attached hydrogens (tertiary/aromatic N) is 7. The van der Waals surface area contributed by atoms with Crippen LogP contribution in [0.15, 0.2) is 37.3 Å². The molecule has 138 valence electrons. The maximum Gasteiger partial charge on any atom is 0.155 e. The summed E-state index contributed by atoms with van der Waals surface area (Å²) in [6, 6.07) is 0.421. The van der Waals surface area contributed by atoms with Crippen LogP contribution >= 0.6 is 0 Å². The third-order valence-corrected chi connectivity index (χ3v) is 5.54. The van der Waals surface area contributed by atoms with Crippen molar-refractivity contribution in [3.05, 3.63) is 48.7 Å². The SMILES string of the molecule is CN(Cc1cnc2cnccn12)C[C@@H]1CCCN(C)[C@H]1c1cncn1C. The van der Waals surface area contributed by atoms with E-state index in [4.69, 9.17) is 0 Å². The molecule has 0 bridgehead atoms. The Labute approximate surface area is 154 Å². The predicted molar refractivity (Wildman–Crippen MR) is 101 cm³/mol. The number of rotatable bonds is 5. The van der Waals surface area contributed by atoms with Gasteiger partial charge in [-0.3, -0.25) is 14.3 Å². The molecule has 0 spiro atoms. The standard InChI is InChI=1S/C19H27N7/c1-23(13-16-9-22-18-11-20-6-8-26(16)18)12-15-5-4-7-24(2)19(15)17-10-21-14-25(17)3/h6,8-11,14-15,19H,4-5,7,12-13H2,1-3H3/t15-,19+/m0/s1. The number of hydrogen-bond donors (Lipinski definition) is 0. The van der Waals surface area contributed by atoms with Gasteiger partial charge in [0, 0.05) is 38.7 Å². The van der Waals surface area contributed by atoms with Crippen LogP contribution < -0.4 is 0 Å². The van der Waals surface area contributed by atoms with E-state index in [2.05, 4.69) is 54.9 Å². The van der Waals surface area contributed by atoms with Crippen molar-refractivity contribution < 1.29 is 0 Å². The van der Waals surface area contributed by atoms with E-state index in [0.29, 0.717) is 12.0 Å². The summed E-state index contributed by atoms with van der Waals surface area (Å²) >= 11 is 0. The summed E-state index contributed by atoms with van der Waals surface area (Å²) in [4.78, 5) is 17.8. The molecule has 7 heteroatoms. The Balaban J connectivity index is 1.50. The van der Waals surface area contributed by atoms with E-state index in [9.17, 15) is 0 Å². The van der Waals surface area contributed by atoms with Crippen LogP contribution in [0.5, 0.6) is 0 Å². The number of piperidine rings is 1. The molecular formula is C19H27N7. The van der Waals surface area contributed by atoms with Gasteiger partial charge in [-0.15, -0.1) is 0 Å². The number of fused-ring (bicyclic) bond motifs is 1. The zero-order chi connectivity index (χ0) is 18.1. The highest BCUT2D eigenvalue weighted by Crippen LogP contribution is 2.35. The minimum absolute atomic E-state index is 0.421. The molecule has 2 atom stereocenters. The maximum absolute atomic E-state index is 4.45. The van der Waals surface area contributed by atoms with Crippen molar-refractivity contribution in [2.24, 2.45) is 13.0 Å². The zero-order valence-corrected chi connectivity index (χ0v) is 15.8. The van der Waals surface area contributed by atoms with E-state index in [1.54, 1.807) is 6.20 Å². The number of imidazole rings is 2. The summed E-state index contributed by atoms with van der Waals surface area (Å²) in [5.74, 6) is 0.593. The molecule has 1 fully saturated rings. The molecule has 1 aliphatic heterocycles. The summed E-state index contributed by atoms with van der Waals surface area (Å²) in [6.07, 6.45) is 14.0. The van der Waals surface area contributed by atoms with Crippen LogP contribution in [-0.2, 0) is 13.6 Å². The number of hydrogen-bond acceptors (Lipinski definition) is 5. The average Bonchev–Trinajstić information content (AvgIpc) is 3.22. The molecule has 0 radical (unpaired) electrons. The van der Waals surface area contributed by atoms with Gasteiger partial charge in [0.15, 0.2) is 5.65 Å². The van der Waals surface area contributed by atoms with E-state index in [1.165, 1.54) is 24.2 Å². The smallest absolute Gasteiger partial charge is 0.155 e. The molecule has 3 aromatic rings. The Morgan fingerprint density at radius 2 is 2.08 bits per heavy atom. The van der Waals surface area contributed by atoms with E-state index >= 15 is 0 Å². The van der Waals surface area contributed by atoms with Crippen LogP contribution in [0.4, 0.5) is 0 Å². The van der Waals surface area contributed by atoms with Crippen molar-refractivity contribution in [1.82, 2.24) is 33.7 Å². The lowest BCUT2D eigenvalue weighted by atomic mass is 9.87. The molecule has 0 amide bonds. The van der Waals surface area contributed by atoms with Crippen molar-refractivity contribution in [3.63, 3.8) is 0 Å². The van der Waals surface area contributed by atoms with Gasteiger partial charge in [-0.25, -0.2) is 9.97 Å². The highest BCUT2D eigenvalue weighted by Gasteiger charge is 2.33. The van der Waals surface area contributed by atoms with Crippen molar-refractivity contribution in [2.45, 2.75) is 25.4 Å².